The first-order chi connectivity index (χ1) is 7.16. The molecule has 0 bridgehead atoms. The second-order valence-corrected chi connectivity index (χ2v) is 4.51. The van der Waals surface area contributed by atoms with E-state index in [-0.39, 0.29) is 5.56 Å². The fourth-order valence-corrected chi connectivity index (χ4v) is 1.29. The molecule has 0 heterocycles. The third kappa shape index (κ3) is 2.23. The molecule has 0 amide bonds. The van der Waals surface area contributed by atoms with E-state index in [9.17, 15) is 15.0 Å². The van der Waals surface area contributed by atoms with Gasteiger partial charge in [-0.3, -0.25) is 0 Å². The number of hydrogen-bond donors (Lipinski definition) is 3. The number of carboxylic acids is 1. The van der Waals surface area contributed by atoms with Crippen LogP contribution in [-0.2, 0) is 5.60 Å². The molecular weight excluding hydrogens is 208 g/mol. The molecular formula is C12H16O4. The van der Waals surface area contributed by atoms with Crippen LogP contribution in [0.15, 0.2) is 24.3 Å². The molecule has 4 nitrogen and oxygen atoms in total. The number of carbonyl (C=O) groups is 1. The molecule has 0 radical (unpaired) electrons. The van der Waals surface area contributed by atoms with Crippen LogP contribution < -0.4 is 0 Å². The second-order valence-electron chi connectivity index (χ2n) is 4.51. The number of carboxylic acid groups (broad SMARTS) is 1. The van der Waals surface area contributed by atoms with Crippen LogP contribution in [0.3, 0.4) is 0 Å². The van der Waals surface area contributed by atoms with Crippen molar-refractivity contribution >= 4 is 5.97 Å². The molecule has 0 aliphatic rings. The number of aliphatic hydroxyl groups is 2. The molecule has 0 spiro atoms. The zero-order valence-corrected chi connectivity index (χ0v) is 9.56. The van der Waals surface area contributed by atoms with Gasteiger partial charge >= 0.3 is 5.97 Å². The van der Waals surface area contributed by atoms with Gasteiger partial charge in [-0.2, -0.15) is 0 Å². The Morgan fingerprint density at radius 2 is 1.50 bits per heavy atom. The first-order valence-electron chi connectivity index (χ1n) is 4.95. The van der Waals surface area contributed by atoms with Gasteiger partial charge in [-0.05, 0) is 38.5 Å². The van der Waals surface area contributed by atoms with E-state index in [0.29, 0.717) is 5.56 Å². The van der Waals surface area contributed by atoms with Crippen LogP contribution >= 0.6 is 0 Å². The lowest BCUT2D eigenvalue weighted by molar-refractivity contribution is -0.125. The van der Waals surface area contributed by atoms with Crippen molar-refractivity contribution in [3.63, 3.8) is 0 Å². The third-order valence-electron chi connectivity index (χ3n) is 2.89. The Hall–Kier alpha value is -1.39. The predicted molar refractivity (Wildman–Crippen MR) is 59.3 cm³/mol. The summed E-state index contributed by atoms with van der Waals surface area (Å²) in [6.45, 7) is 4.49. The lowest BCUT2D eigenvalue weighted by Crippen LogP contribution is -2.44. The summed E-state index contributed by atoms with van der Waals surface area (Å²) in [5.74, 6) is -1.02. The van der Waals surface area contributed by atoms with Crippen LogP contribution in [0.5, 0.6) is 0 Å². The number of aromatic carboxylic acids is 1. The fraction of sp³-hybridized carbons (Fsp3) is 0.417. The zero-order valence-electron chi connectivity index (χ0n) is 9.56. The lowest BCUT2D eigenvalue weighted by Gasteiger charge is -2.36. The summed E-state index contributed by atoms with van der Waals surface area (Å²) in [6.07, 6.45) is 0. The largest absolute Gasteiger partial charge is 0.478 e. The average Bonchev–Trinajstić information content (AvgIpc) is 2.16. The predicted octanol–water partition coefficient (Wildman–Crippen LogP) is 1.36. The minimum atomic E-state index is -1.43. The van der Waals surface area contributed by atoms with Crippen LogP contribution in [0.2, 0.25) is 0 Å². The molecule has 1 aromatic rings. The standard InChI is InChI=1S/C12H16O4/c1-11(2,15)12(3,16)9-6-4-8(5-7-9)10(13)14/h4-7,15-16H,1-3H3,(H,13,14). The van der Waals surface area contributed by atoms with Gasteiger partial charge < -0.3 is 15.3 Å². The SMILES string of the molecule is CC(C)(O)C(C)(O)c1ccc(C(=O)O)cc1. The molecule has 4 heteroatoms. The number of benzene rings is 1. The Kier molecular flexibility index (Phi) is 3.08. The average molecular weight is 224 g/mol. The second kappa shape index (κ2) is 3.88. The van der Waals surface area contributed by atoms with Crippen LogP contribution in [0.4, 0.5) is 0 Å². The highest BCUT2D eigenvalue weighted by Gasteiger charge is 2.39. The Bertz CT molecular complexity index is 384. The lowest BCUT2D eigenvalue weighted by atomic mass is 9.81. The molecule has 0 aromatic heterocycles. The minimum absolute atomic E-state index is 0.148. The highest BCUT2D eigenvalue weighted by atomic mass is 16.4. The Morgan fingerprint density at radius 3 is 1.81 bits per heavy atom. The van der Waals surface area contributed by atoms with Crippen LogP contribution in [0.1, 0.15) is 36.7 Å². The molecule has 1 rings (SSSR count). The van der Waals surface area contributed by atoms with Gasteiger partial charge in [-0.15, -0.1) is 0 Å². The highest BCUT2D eigenvalue weighted by Crippen LogP contribution is 2.32. The smallest absolute Gasteiger partial charge is 0.335 e. The van der Waals surface area contributed by atoms with Crippen molar-refractivity contribution in [3.8, 4) is 0 Å². The van der Waals surface area contributed by atoms with E-state index in [1.807, 2.05) is 0 Å². The Balaban J connectivity index is 3.11. The van der Waals surface area contributed by atoms with Crippen molar-refractivity contribution in [3.05, 3.63) is 35.4 Å². The molecule has 1 unspecified atom stereocenters. The molecule has 0 saturated carbocycles. The van der Waals surface area contributed by atoms with E-state index in [4.69, 9.17) is 5.11 Å². The first-order valence-corrected chi connectivity index (χ1v) is 4.95. The van der Waals surface area contributed by atoms with Crippen molar-refractivity contribution in [2.24, 2.45) is 0 Å². The summed E-state index contributed by atoms with van der Waals surface area (Å²) in [4.78, 5) is 10.6. The van der Waals surface area contributed by atoms with Crippen LogP contribution in [0, 0.1) is 0 Å². The summed E-state index contributed by atoms with van der Waals surface area (Å²) >= 11 is 0. The summed E-state index contributed by atoms with van der Waals surface area (Å²) in [5, 5.41) is 28.7. The summed E-state index contributed by atoms with van der Waals surface area (Å²) in [6, 6.07) is 5.80. The van der Waals surface area contributed by atoms with E-state index in [2.05, 4.69) is 0 Å². The molecule has 0 aliphatic heterocycles. The molecule has 3 N–H and O–H groups in total. The van der Waals surface area contributed by atoms with Crippen molar-refractivity contribution in [1.29, 1.82) is 0 Å². The molecule has 0 saturated heterocycles. The van der Waals surface area contributed by atoms with Crippen molar-refractivity contribution < 1.29 is 20.1 Å². The fourth-order valence-electron chi connectivity index (χ4n) is 1.29. The third-order valence-corrected chi connectivity index (χ3v) is 2.89. The Morgan fingerprint density at radius 1 is 1.06 bits per heavy atom. The number of hydrogen-bond acceptors (Lipinski definition) is 3. The number of rotatable bonds is 3. The van der Waals surface area contributed by atoms with Gasteiger partial charge in [0.05, 0.1) is 11.2 Å². The molecule has 1 aromatic carbocycles. The monoisotopic (exact) mass is 224 g/mol. The van der Waals surface area contributed by atoms with Gasteiger partial charge in [0.1, 0.15) is 5.60 Å². The molecule has 0 aliphatic carbocycles. The van der Waals surface area contributed by atoms with Crippen LogP contribution in [0.25, 0.3) is 0 Å². The molecule has 16 heavy (non-hydrogen) atoms. The highest BCUT2D eigenvalue weighted by molar-refractivity contribution is 5.87. The Labute approximate surface area is 94.2 Å². The van der Waals surface area contributed by atoms with Gasteiger partial charge in [0.15, 0.2) is 0 Å². The van der Waals surface area contributed by atoms with Gasteiger partial charge in [0.25, 0.3) is 0 Å². The van der Waals surface area contributed by atoms with E-state index in [0.717, 1.165) is 0 Å². The maximum absolute atomic E-state index is 10.6. The summed E-state index contributed by atoms with van der Waals surface area (Å²) in [5.41, 5.74) is -2.11. The van der Waals surface area contributed by atoms with Gasteiger partial charge in [-0.25, -0.2) is 4.79 Å². The molecule has 1 atom stereocenters. The summed E-state index contributed by atoms with van der Waals surface area (Å²) in [7, 11) is 0. The van der Waals surface area contributed by atoms with Crippen LogP contribution in [-0.4, -0.2) is 26.9 Å². The van der Waals surface area contributed by atoms with E-state index in [1.54, 1.807) is 0 Å². The summed E-state index contributed by atoms with van der Waals surface area (Å²) < 4.78 is 0. The minimum Gasteiger partial charge on any atom is -0.478 e. The van der Waals surface area contributed by atoms with Gasteiger partial charge in [-0.1, -0.05) is 12.1 Å². The topological polar surface area (TPSA) is 77.8 Å². The van der Waals surface area contributed by atoms with Gasteiger partial charge in [0.2, 0.25) is 0 Å². The van der Waals surface area contributed by atoms with Crippen molar-refractivity contribution in [1.82, 2.24) is 0 Å². The quantitative estimate of drug-likeness (QED) is 0.724. The maximum atomic E-state index is 10.6. The maximum Gasteiger partial charge on any atom is 0.335 e. The van der Waals surface area contributed by atoms with Gasteiger partial charge in [0, 0.05) is 0 Å². The van der Waals surface area contributed by atoms with Crippen molar-refractivity contribution in [2.45, 2.75) is 32.0 Å². The van der Waals surface area contributed by atoms with E-state index >= 15 is 0 Å². The van der Waals surface area contributed by atoms with Crippen molar-refractivity contribution in [2.75, 3.05) is 0 Å². The molecule has 0 fully saturated rings. The first kappa shape index (κ1) is 12.7. The normalized spacial score (nSPS) is 15.6. The molecule has 88 valence electrons. The van der Waals surface area contributed by atoms with E-state index in [1.165, 1.54) is 45.0 Å². The zero-order chi connectivity index (χ0) is 12.6. The van der Waals surface area contributed by atoms with E-state index < -0.39 is 17.2 Å².